The number of pyridine rings is 8. The number of benzene rings is 5. The van der Waals surface area contributed by atoms with Crippen molar-refractivity contribution in [2.24, 2.45) is 0 Å². The van der Waals surface area contributed by atoms with Crippen LogP contribution < -0.4 is 49.0 Å². The van der Waals surface area contributed by atoms with Crippen LogP contribution in [0.2, 0.25) is 0 Å². The number of aromatic nitrogens is 12. The zero-order valence-electron chi connectivity index (χ0n) is 79.2. The number of anilines is 15. The Morgan fingerprint density at radius 3 is 0.786 bits per heavy atom. The first-order chi connectivity index (χ1) is 64.5. The quantitative estimate of drug-likeness (QED) is 0.137. The molecular weight excluding hydrogens is 1640 g/mol. The SMILES string of the molecule is Cc1ccc2c(oc3ncccc32)c1N1c2cccnc2N(C)C1C.Cc1ccc2c(oc3ncccc32)c1N1c2nccnc2N(C)C1C.[2H]C(C)(C)N1c2ncccc2N(c2c(C)ccc3c2oc2ncccc23)C1C.[2H]C(C)(C)N1c2ncccc2N(c2c(C)ccc3c2oc2ncccc23)C1C.[2H]C(C)(C)N1c2nccnc2N(c2c(C)ccc3c2oc2ncccc23)C1C. The van der Waals surface area contributed by atoms with Crippen LogP contribution in [0.5, 0.6) is 0 Å². The third-order valence-electron chi connectivity index (χ3n) is 25.9. The van der Waals surface area contributed by atoms with E-state index in [9.17, 15) is 0 Å². The van der Waals surface area contributed by atoms with E-state index in [1.165, 1.54) is 5.56 Å². The predicted molar refractivity (Wildman–Crippen MR) is 526 cm³/mol. The zero-order valence-corrected chi connectivity index (χ0v) is 76.2. The molecule has 0 saturated carbocycles. The van der Waals surface area contributed by atoms with Crippen LogP contribution in [-0.4, -0.2) is 123 Å². The molecule has 0 bridgehead atoms. The van der Waals surface area contributed by atoms with Gasteiger partial charge in [-0.1, -0.05) is 60.7 Å². The third kappa shape index (κ3) is 13.2. The van der Waals surface area contributed by atoms with Crippen molar-refractivity contribution in [3.05, 3.63) is 260 Å². The summed E-state index contributed by atoms with van der Waals surface area (Å²) in [6.45, 7) is 32.4. The molecule has 20 heterocycles. The Morgan fingerprint density at radius 1 is 0.237 bits per heavy atom. The molecule has 5 aromatic carbocycles. The van der Waals surface area contributed by atoms with Crippen molar-refractivity contribution in [3.63, 3.8) is 0 Å². The van der Waals surface area contributed by atoms with Crippen molar-refractivity contribution >= 4 is 197 Å². The highest BCUT2D eigenvalue weighted by molar-refractivity contribution is 6.15. The van der Waals surface area contributed by atoms with Gasteiger partial charge in [0.15, 0.2) is 68.6 Å². The molecule has 0 saturated heterocycles. The molecule has 27 heteroatoms. The van der Waals surface area contributed by atoms with Crippen molar-refractivity contribution in [2.45, 2.75) is 160 Å². The summed E-state index contributed by atoms with van der Waals surface area (Å²) in [5.41, 5.74) is 21.1. The summed E-state index contributed by atoms with van der Waals surface area (Å²) in [4.78, 5) is 75.4. The Labute approximate surface area is 761 Å². The Bertz CT molecular complexity index is 7400. The largest absolute Gasteiger partial charge is 0.435 e. The Balaban J connectivity index is 0.000000101. The summed E-state index contributed by atoms with van der Waals surface area (Å²) >= 11 is 0. The smallest absolute Gasteiger partial charge is 0.227 e. The second-order valence-corrected chi connectivity index (χ2v) is 34.5. The van der Waals surface area contributed by atoms with Crippen molar-refractivity contribution in [1.82, 2.24) is 59.8 Å². The molecule has 0 radical (unpaired) electrons. The number of hydrogen-bond donors (Lipinski definition) is 0. The van der Waals surface area contributed by atoms with Gasteiger partial charge in [0.25, 0.3) is 0 Å². The number of nitrogens with zero attached hydrogens (tertiary/aromatic N) is 22. The minimum Gasteiger partial charge on any atom is -0.435 e. The van der Waals surface area contributed by atoms with Gasteiger partial charge in [0.05, 0.1) is 49.6 Å². The maximum absolute atomic E-state index is 8.67. The van der Waals surface area contributed by atoms with Gasteiger partial charge in [-0.2, -0.15) is 0 Å². The van der Waals surface area contributed by atoms with Crippen LogP contribution in [-0.2, 0) is 0 Å². The molecule has 20 aromatic rings. The van der Waals surface area contributed by atoms with Crippen LogP contribution in [0.3, 0.4) is 0 Å². The minimum absolute atomic E-state index is 0.0807. The third-order valence-corrected chi connectivity index (χ3v) is 25.9. The molecule has 656 valence electrons. The van der Waals surface area contributed by atoms with E-state index < -0.39 is 18.1 Å². The van der Waals surface area contributed by atoms with Gasteiger partial charge in [-0.05, 0) is 236 Å². The molecule has 15 aromatic heterocycles. The molecule has 0 spiro atoms. The van der Waals surface area contributed by atoms with Crippen LogP contribution in [0.4, 0.5) is 86.2 Å². The lowest BCUT2D eigenvalue weighted by atomic mass is 10.1. The number of rotatable bonds is 8. The number of fused-ring (bicyclic) bond motifs is 20. The number of aryl methyl sites for hydroxylation is 5. The maximum atomic E-state index is 8.67. The van der Waals surface area contributed by atoms with E-state index >= 15 is 0 Å². The van der Waals surface area contributed by atoms with Crippen LogP contribution in [0, 0.1) is 34.6 Å². The first kappa shape index (κ1) is 78.9. The predicted octanol–water partition coefficient (Wildman–Crippen LogP) is 24.2. The molecule has 5 atom stereocenters. The molecule has 25 rings (SSSR count). The van der Waals surface area contributed by atoms with E-state index in [1.807, 2.05) is 142 Å². The van der Waals surface area contributed by atoms with E-state index in [-0.39, 0.29) is 30.8 Å². The Hall–Kier alpha value is -15.5. The highest BCUT2D eigenvalue weighted by Gasteiger charge is 2.44. The molecule has 0 N–H and O–H groups in total. The van der Waals surface area contributed by atoms with Gasteiger partial charge in [-0.25, -0.2) is 59.8 Å². The van der Waals surface area contributed by atoms with Crippen LogP contribution in [0.15, 0.2) is 254 Å². The summed E-state index contributed by atoms with van der Waals surface area (Å²) in [5, 5.41) is 10.3. The lowest BCUT2D eigenvalue weighted by Crippen LogP contribution is -2.42. The van der Waals surface area contributed by atoms with Crippen molar-refractivity contribution in [1.29, 1.82) is 0 Å². The molecule has 0 fully saturated rings. The van der Waals surface area contributed by atoms with E-state index in [2.05, 4.69) is 255 Å². The van der Waals surface area contributed by atoms with Crippen LogP contribution >= 0.6 is 0 Å². The molecule has 5 unspecified atom stereocenters. The van der Waals surface area contributed by atoms with E-state index in [0.29, 0.717) is 34.4 Å². The summed E-state index contributed by atoms with van der Waals surface area (Å²) in [6, 6.07) is 50.6. The van der Waals surface area contributed by atoms with Crippen LogP contribution in [0.25, 0.3) is 110 Å². The molecular formula is C104H100N22O5. The van der Waals surface area contributed by atoms with Gasteiger partial charge in [-0.3, -0.25) is 9.80 Å². The van der Waals surface area contributed by atoms with Gasteiger partial charge >= 0.3 is 0 Å². The second-order valence-electron chi connectivity index (χ2n) is 34.5. The molecule has 5 aliphatic rings. The van der Waals surface area contributed by atoms with E-state index in [1.54, 1.807) is 68.2 Å². The average Bonchev–Trinajstić information content (AvgIpc) is 1.57. The van der Waals surface area contributed by atoms with Crippen molar-refractivity contribution in [3.8, 4) is 0 Å². The normalized spacial score (nSPS) is 17.3. The Morgan fingerprint density at radius 2 is 0.458 bits per heavy atom. The molecule has 0 amide bonds. The molecule has 5 aliphatic heterocycles. The Kier molecular flexibility index (Phi) is 19.5. The second kappa shape index (κ2) is 32.3. The zero-order chi connectivity index (χ0) is 93.1. The van der Waals surface area contributed by atoms with Crippen molar-refractivity contribution in [2.75, 3.05) is 63.1 Å². The number of furan rings is 5. The van der Waals surface area contributed by atoms with Gasteiger partial charge in [0, 0.05) is 160 Å². The molecule has 27 nitrogen and oxygen atoms in total. The number of hydrogen-bond acceptors (Lipinski definition) is 27. The maximum Gasteiger partial charge on any atom is 0.227 e. The monoisotopic (exact) mass is 1740 g/mol. The lowest BCUT2D eigenvalue weighted by molar-refractivity contribution is 0.597. The van der Waals surface area contributed by atoms with Crippen molar-refractivity contribution < 1.29 is 26.2 Å². The fourth-order valence-corrected chi connectivity index (χ4v) is 19.9. The van der Waals surface area contributed by atoms with Gasteiger partial charge < -0.3 is 61.3 Å². The van der Waals surface area contributed by atoms with E-state index in [0.717, 1.165) is 184 Å². The topological polar surface area (TPSA) is 253 Å². The summed E-state index contributed by atoms with van der Waals surface area (Å²) < 4.78 is 57.0. The first-order valence-electron chi connectivity index (χ1n) is 45.6. The summed E-state index contributed by atoms with van der Waals surface area (Å²) in [7, 11) is 4.11. The first-order valence-corrected chi connectivity index (χ1v) is 44.1. The van der Waals surface area contributed by atoms with Crippen LogP contribution in [0.1, 0.15) is 108 Å². The van der Waals surface area contributed by atoms with Gasteiger partial charge in [0.1, 0.15) is 30.8 Å². The lowest BCUT2D eigenvalue weighted by Gasteiger charge is -2.33. The summed E-state index contributed by atoms with van der Waals surface area (Å²) in [6.07, 6.45) is 20.9. The average molecular weight is 1740 g/mol. The fraction of sp³-hybridized carbons (Fsp3) is 0.250. The highest BCUT2D eigenvalue weighted by Crippen LogP contribution is 2.54. The van der Waals surface area contributed by atoms with Gasteiger partial charge in [-0.15, -0.1) is 0 Å². The highest BCUT2D eigenvalue weighted by atomic mass is 16.4. The molecule has 131 heavy (non-hydrogen) atoms. The fourth-order valence-electron chi connectivity index (χ4n) is 19.9. The van der Waals surface area contributed by atoms with Gasteiger partial charge in [0.2, 0.25) is 28.6 Å². The molecule has 0 aliphatic carbocycles. The van der Waals surface area contributed by atoms with E-state index in [4.69, 9.17) is 26.2 Å². The minimum atomic E-state index is -0.851. The standard InChI is InChI=1S/2C22H22N4O.C21H21N5O.C20H18N4O.C19H17N5O/c2*1-13(2)25-15(4)26(18-8-6-11-23-21(18)25)19-14(3)9-10-16-17-7-5-12-24-22(17)27-20(16)19;1-12(2)25-14(4)26(20-19(25)22-10-11-23-20)17-13(3)7-8-15-16-6-5-9-24-21(16)27-18(15)17;1-12-8-9-14-15-6-4-11-22-20(15)25-18(14)17(12)24-13(2)23(3)19-16(24)7-5-10-21-19;1-11-6-7-13-14-5-4-8-22-19(14)25-16(13)15(11)24-12(2)23(3)17-18(24)21-10-9-20-17/h2*5-13,15H,1-4H3;5-12,14H,1-4H3;4-11,13H,1-3H3;4-10,12H,1-3H3/i2*13D;12D;;. The summed E-state index contributed by atoms with van der Waals surface area (Å²) in [5.74, 6) is 5.80.